The minimum Gasteiger partial charge on any atom is -0.494 e. The molecule has 8 nitrogen and oxygen atoms in total. The van der Waals surface area contributed by atoms with Crippen LogP contribution in [0.3, 0.4) is 0 Å². The smallest absolute Gasteiger partial charge is 0.253 e. The van der Waals surface area contributed by atoms with Crippen LogP contribution in [0.1, 0.15) is 19.8 Å². The van der Waals surface area contributed by atoms with Gasteiger partial charge in [-0.2, -0.15) is 0 Å². The van der Waals surface area contributed by atoms with Gasteiger partial charge in [-0.15, -0.1) is 0 Å². The number of benzene rings is 1. The summed E-state index contributed by atoms with van der Waals surface area (Å²) < 4.78 is 41.2. The van der Waals surface area contributed by atoms with E-state index in [0.717, 1.165) is 25.7 Å². The molecule has 25 heavy (non-hydrogen) atoms. The summed E-state index contributed by atoms with van der Waals surface area (Å²) in [6.45, 7) is 2.79. The maximum absolute atomic E-state index is 12.2. The van der Waals surface area contributed by atoms with E-state index in [1.165, 1.54) is 19.2 Å². The van der Waals surface area contributed by atoms with E-state index in [1.807, 2.05) is 0 Å². The SMILES string of the molecule is COc1cc(NC(=O)C(C)OCC2CCCO2)ccc1NS(C)(=O)=O. The van der Waals surface area contributed by atoms with Gasteiger partial charge in [-0.1, -0.05) is 0 Å². The number of sulfonamides is 1. The molecule has 0 bridgehead atoms. The minimum atomic E-state index is -3.42. The van der Waals surface area contributed by atoms with Gasteiger partial charge in [0.15, 0.2) is 0 Å². The quantitative estimate of drug-likeness (QED) is 0.718. The number of rotatable bonds is 8. The molecular formula is C16H24N2O6S. The normalized spacial score (nSPS) is 18.6. The van der Waals surface area contributed by atoms with Crippen molar-refractivity contribution in [1.82, 2.24) is 0 Å². The lowest BCUT2D eigenvalue weighted by Gasteiger charge is -2.17. The first-order chi connectivity index (χ1) is 11.8. The molecule has 1 heterocycles. The lowest BCUT2D eigenvalue weighted by molar-refractivity contribution is -0.128. The zero-order chi connectivity index (χ0) is 18.4. The molecule has 9 heteroatoms. The summed E-state index contributed by atoms with van der Waals surface area (Å²) in [4.78, 5) is 12.2. The Kier molecular flexibility index (Phi) is 6.63. The number of hydrogen-bond acceptors (Lipinski definition) is 6. The average Bonchev–Trinajstić information content (AvgIpc) is 3.06. The van der Waals surface area contributed by atoms with Crippen LogP contribution in [0.15, 0.2) is 18.2 Å². The highest BCUT2D eigenvalue weighted by Crippen LogP contribution is 2.28. The molecule has 2 atom stereocenters. The number of amides is 1. The van der Waals surface area contributed by atoms with Crippen LogP contribution in [0.4, 0.5) is 11.4 Å². The zero-order valence-electron chi connectivity index (χ0n) is 14.6. The van der Waals surface area contributed by atoms with Gasteiger partial charge in [0.25, 0.3) is 5.91 Å². The molecule has 0 radical (unpaired) electrons. The Morgan fingerprint density at radius 1 is 1.44 bits per heavy atom. The molecule has 1 aliphatic heterocycles. The highest BCUT2D eigenvalue weighted by Gasteiger charge is 2.20. The molecule has 0 aromatic heterocycles. The predicted molar refractivity (Wildman–Crippen MR) is 94.5 cm³/mol. The van der Waals surface area contributed by atoms with Gasteiger partial charge in [0.2, 0.25) is 10.0 Å². The molecule has 1 fully saturated rings. The number of carbonyl (C=O) groups excluding carboxylic acids is 1. The first kappa shape index (κ1) is 19.5. The Balaban J connectivity index is 1.95. The Labute approximate surface area is 147 Å². The molecule has 2 N–H and O–H groups in total. The Morgan fingerprint density at radius 2 is 2.20 bits per heavy atom. The van der Waals surface area contributed by atoms with Crippen LogP contribution in [0, 0.1) is 0 Å². The largest absolute Gasteiger partial charge is 0.494 e. The summed E-state index contributed by atoms with van der Waals surface area (Å²) in [5, 5.41) is 2.72. The number of carbonyl (C=O) groups is 1. The molecule has 0 spiro atoms. The van der Waals surface area contributed by atoms with E-state index in [0.29, 0.717) is 23.7 Å². The van der Waals surface area contributed by atoms with E-state index in [-0.39, 0.29) is 12.0 Å². The van der Waals surface area contributed by atoms with Gasteiger partial charge in [0.1, 0.15) is 11.9 Å². The summed E-state index contributed by atoms with van der Waals surface area (Å²) in [5.74, 6) is 0.0000225. The minimum absolute atomic E-state index is 0.0525. The Hall–Kier alpha value is -1.84. The first-order valence-electron chi connectivity index (χ1n) is 7.98. The number of nitrogens with one attached hydrogen (secondary N) is 2. The second-order valence-corrected chi connectivity index (χ2v) is 7.64. The van der Waals surface area contributed by atoms with Crippen molar-refractivity contribution in [2.24, 2.45) is 0 Å². The van der Waals surface area contributed by atoms with E-state index >= 15 is 0 Å². The molecule has 1 aliphatic rings. The van der Waals surface area contributed by atoms with E-state index in [2.05, 4.69) is 10.0 Å². The van der Waals surface area contributed by atoms with Crippen LogP contribution in [0.5, 0.6) is 5.75 Å². The molecule has 1 saturated heterocycles. The lowest BCUT2D eigenvalue weighted by atomic mass is 10.2. The third-order valence-corrected chi connectivity index (χ3v) is 4.28. The van der Waals surface area contributed by atoms with Crippen LogP contribution in [-0.4, -0.2) is 53.1 Å². The van der Waals surface area contributed by atoms with Crippen molar-refractivity contribution >= 4 is 27.3 Å². The van der Waals surface area contributed by atoms with Crippen molar-refractivity contribution in [2.45, 2.75) is 32.0 Å². The summed E-state index contributed by atoms with van der Waals surface area (Å²) in [5.41, 5.74) is 0.777. The van der Waals surface area contributed by atoms with Crippen LogP contribution >= 0.6 is 0 Å². The van der Waals surface area contributed by atoms with Crippen molar-refractivity contribution in [1.29, 1.82) is 0 Å². The van der Waals surface area contributed by atoms with Crippen molar-refractivity contribution in [3.8, 4) is 5.75 Å². The third-order valence-electron chi connectivity index (χ3n) is 3.69. The second kappa shape index (κ2) is 8.50. The topological polar surface area (TPSA) is 103 Å². The van der Waals surface area contributed by atoms with Gasteiger partial charge in [-0.3, -0.25) is 9.52 Å². The second-order valence-electron chi connectivity index (χ2n) is 5.89. The number of hydrogen-bond donors (Lipinski definition) is 2. The van der Waals surface area contributed by atoms with Crippen LogP contribution < -0.4 is 14.8 Å². The summed E-state index contributed by atoms with van der Waals surface area (Å²) in [7, 11) is -2.01. The van der Waals surface area contributed by atoms with Gasteiger partial charge >= 0.3 is 0 Å². The van der Waals surface area contributed by atoms with E-state index in [4.69, 9.17) is 14.2 Å². The maximum atomic E-state index is 12.2. The predicted octanol–water partition coefficient (Wildman–Crippen LogP) is 1.59. The van der Waals surface area contributed by atoms with Crippen LogP contribution in [0.2, 0.25) is 0 Å². The third kappa shape index (κ3) is 6.18. The fourth-order valence-electron chi connectivity index (χ4n) is 2.40. The van der Waals surface area contributed by atoms with Gasteiger partial charge in [-0.05, 0) is 31.9 Å². The van der Waals surface area contributed by atoms with Gasteiger partial charge in [-0.25, -0.2) is 8.42 Å². The monoisotopic (exact) mass is 372 g/mol. The van der Waals surface area contributed by atoms with Gasteiger partial charge < -0.3 is 19.5 Å². The average molecular weight is 372 g/mol. The number of methoxy groups -OCH3 is 1. The van der Waals surface area contributed by atoms with Crippen molar-refractivity contribution < 1.29 is 27.4 Å². The molecular weight excluding hydrogens is 348 g/mol. The zero-order valence-corrected chi connectivity index (χ0v) is 15.4. The van der Waals surface area contributed by atoms with Crippen molar-refractivity contribution in [3.05, 3.63) is 18.2 Å². The number of anilines is 2. The molecule has 1 amide bonds. The van der Waals surface area contributed by atoms with E-state index in [9.17, 15) is 13.2 Å². The summed E-state index contributed by atoms with van der Waals surface area (Å²) >= 11 is 0. The van der Waals surface area contributed by atoms with Crippen LogP contribution in [-0.2, 0) is 24.3 Å². The molecule has 140 valence electrons. The van der Waals surface area contributed by atoms with Crippen LogP contribution in [0.25, 0.3) is 0 Å². The van der Waals surface area contributed by atoms with E-state index in [1.54, 1.807) is 13.0 Å². The summed E-state index contributed by atoms with van der Waals surface area (Å²) in [6, 6.07) is 4.65. The fraction of sp³-hybridized carbons (Fsp3) is 0.562. The van der Waals surface area contributed by atoms with E-state index < -0.39 is 16.1 Å². The molecule has 1 aromatic carbocycles. The number of ether oxygens (including phenoxy) is 3. The highest BCUT2D eigenvalue weighted by atomic mass is 32.2. The molecule has 1 aromatic rings. The maximum Gasteiger partial charge on any atom is 0.253 e. The Bertz CT molecular complexity index is 701. The fourth-order valence-corrected chi connectivity index (χ4v) is 2.97. The molecule has 2 rings (SSSR count). The lowest BCUT2D eigenvalue weighted by Crippen LogP contribution is -2.30. The van der Waals surface area contributed by atoms with Gasteiger partial charge in [0.05, 0.1) is 31.8 Å². The molecule has 2 unspecified atom stereocenters. The molecule has 0 saturated carbocycles. The molecule has 0 aliphatic carbocycles. The first-order valence-corrected chi connectivity index (χ1v) is 9.87. The van der Waals surface area contributed by atoms with Crippen molar-refractivity contribution in [2.75, 3.05) is 36.6 Å². The van der Waals surface area contributed by atoms with Crippen molar-refractivity contribution in [3.63, 3.8) is 0 Å². The summed E-state index contributed by atoms with van der Waals surface area (Å²) in [6.07, 6.45) is 2.43. The van der Waals surface area contributed by atoms with Gasteiger partial charge in [0, 0.05) is 18.4 Å². The standard InChI is InChI=1S/C16H24N2O6S/c1-11(24-10-13-5-4-8-23-13)16(19)17-12-6-7-14(15(9-12)22-2)18-25(3,20)21/h6-7,9,11,13,18H,4-5,8,10H2,1-3H3,(H,17,19). The Morgan fingerprint density at radius 3 is 2.80 bits per heavy atom. The highest BCUT2D eigenvalue weighted by molar-refractivity contribution is 7.92.